The lowest BCUT2D eigenvalue weighted by atomic mass is 9.84. The molecule has 0 amide bonds. The lowest BCUT2D eigenvalue weighted by Gasteiger charge is -2.33. The summed E-state index contributed by atoms with van der Waals surface area (Å²) in [5.74, 6) is 1.84. The maximum atomic E-state index is 11.1. The average Bonchev–Trinajstić information content (AvgIpc) is 2.63. The van der Waals surface area contributed by atoms with Crippen LogP contribution in [0.15, 0.2) is 0 Å². The number of esters is 1. The number of ether oxygens (including phenoxy) is 1. The fourth-order valence-corrected chi connectivity index (χ4v) is 2.89. The number of fused-ring (bicyclic) bond motifs is 1. The van der Waals surface area contributed by atoms with Gasteiger partial charge in [0, 0.05) is 0 Å². The molecule has 2 saturated heterocycles. The summed E-state index contributed by atoms with van der Waals surface area (Å²) in [6.45, 7) is 4.00. The van der Waals surface area contributed by atoms with E-state index in [1.807, 2.05) is 13.8 Å². The minimum absolute atomic E-state index is 0.0926. The molecule has 68 valence electrons. The van der Waals surface area contributed by atoms with Crippen LogP contribution >= 0.6 is 0 Å². The first kappa shape index (κ1) is 8.09. The van der Waals surface area contributed by atoms with Gasteiger partial charge in [-0.25, -0.2) is 0 Å². The van der Waals surface area contributed by atoms with Crippen LogP contribution in [0.1, 0.15) is 33.1 Å². The standard InChI is InChI=1S/C8H10O2.C2H6/c9-8-6-2-5-1-4(6)3-7(5)10-8;1-2/h4-7H,1-3H2;1-2H3. The average molecular weight is 168 g/mol. The lowest BCUT2D eigenvalue weighted by molar-refractivity contribution is -0.169. The molecule has 4 unspecified atom stereocenters. The fourth-order valence-electron chi connectivity index (χ4n) is 2.89. The molecular weight excluding hydrogens is 152 g/mol. The van der Waals surface area contributed by atoms with Crippen LogP contribution in [0.25, 0.3) is 0 Å². The van der Waals surface area contributed by atoms with Crippen LogP contribution < -0.4 is 0 Å². The molecule has 2 nitrogen and oxygen atoms in total. The van der Waals surface area contributed by atoms with Gasteiger partial charge < -0.3 is 4.74 Å². The molecule has 2 aliphatic carbocycles. The van der Waals surface area contributed by atoms with Gasteiger partial charge in [0.1, 0.15) is 6.10 Å². The van der Waals surface area contributed by atoms with Gasteiger partial charge in [0.25, 0.3) is 0 Å². The molecule has 12 heavy (non-hydrogen) atoms. The zero-order valence-electron chi connectivity index (χ0n) is 7.75. The number of hydrogen-bond donors (Lipinski definition) is 0. The van der Waals surface area contributed by atoms with E-state index in [2.05, 4.69) is 0 Å². The highest BCUT2D eigenvalue weighted by molar-refractivity contribution is 5.75. The van der Waals surface area contributed by atoms with Crippen molar-refractivity contribution in [1.29, 1.82) is 0 Å². The summed E-state index contributed by atoms with van der Waals surface area (Å²) in [4.78, 5) is 11.1. The molecule has 4 bridgehead atoms. The van der Waals surface area contributed by atoms with E-state index in [4.69, 9.17) is 4.74 Å². The zero-order chi connectivity index (χ0) is 8.72. The number of carbonyl (C=O) groups is 1. The Bertz CT molecular complexity index is 198. The first-order chi connectivity index (χ1) is 5.84. The van der Waals surface area contributed by atoms with Crippen molar-refractivity contribution in [3.63, 3.8) is 0 Å². The molecule has 0 aromatic carbocycles. The molecular formula is C10H16O2. The van der Waals surface area contributed by atoms with Gasteiger partial charge in [-0.15, -0.1) is 0 Å². The highest BCUT2D eigenvalue weighted by Crippen LogP contribution is 2.53. The van der Waals surface area contributed by atoms with E-state index in [9.17, 15) is 4.79 Å². The molecule has 4 atom stereocenters. The number of hydrogen-bond acceptors (Lipinski definition) is 2. The van der Waals surface area contributed by atoms with Crippen LogP contribution in [0.3, 0.4) is 0 Å². The lowest BCUT2D eigenvalue weighted by Crippen LogP contribution is -2.39. The second-order valence-corrected chi connectivity index (χ2v) is 3.81. The summed E-state index contributed by atoms with van der Waals surface area (Å²) in [6.07, 6.45) is 3.89. The van der Waals surface area contributed by atoms with Crippen molar-refractivity contribution in [2.75, 3.05) is 0 Å². The number of rotatable bonds is 0. The van der Waals surface area contributed by atoms with Crippen LogP contribution in [-0.4, -0.2) is 12.1 Å². The van der Waals surface area contributed by atoms with E-state index >= 15 is 0 Å². The summed E-state index contributed by atoms with van der Waals surface area (Å²) in [6, 6.07) is 0. The Morgan fingerprint density at radius 1 is 1.17 bits per heavy atom. The van der Waals surface area contributed by atoms with Crippen molar-refractivity contribution in [1.82, 2.24) is 0 Å². The second kappa shape index (κ2) is 2.75. The first-order valence-electron chi connectivity index (χ1n) is 5.05. The van der Waals surface area contributed by atoms with E-state index < -0.39 is 0 Å². The topological polar surface area (TPSA) is 26.3 Å². The van der Waals surface area contributed by atoms with Gasteiger partial charge in [-0.2, -0.15) is 0 Å². The van der Waals surface area contributed by atoms with Crippen molar-refractivity contribution in [3.05, 3.63) is 0 Å². The minimum atomic E-state index is 0.0926. The first-order valence-corrected chi connectivity index (χ1v) is 5.05. The van der Waals surface area contributed by atoms with Crippen LogP contribution in [0.4, 0.5) is 0 Å². The van der Waals surface area contributed by atoms with E-state index in [0.29, 0.717) is 17.9 Å². The second-order valence-electron chi connectivity index (χ2n) is 3.81. The maximum absolute atomic E-state index is 11.1. The maximum Gasteiger partial charge on any atom is 0.309 e. The van der Waals surface area contributed by atoms with Crippen molar-refractivity contribution in [2.45, 2.75) is 39.2 Å². The van der Waals surface area contributed by atoms with Crippen LogP contribution in [0.5, 0.6) is 0 Å². The van der Waals surface area contributed by atoms with Crippen molar-refractivity contribution in [2.24, 2.45) is 17.8 Å². The third-order valence-electron chi connectivity index (χ3n) is 3.36. The predicted octanol–water partition coefficient (Wildman–Crippen LogP) is 1.98. The summed E-state index contributed by atoms with van der Waals surface area (Å²) in [5, 5.41) is 0. The Morgan fingerprint density at radius 3 is 2.33 bits per heavy atom. The third kappa shape index (κ3) is 0.900. The Kier molecular flexibility index (Phi) is 1.85. The minimum Gasteiger partial charge on any atom is -0.462 e. The van der Waals surface area contributed by atoms with Gasteiger partial charge in [0.15, 0.2) is 0 Å². The van der Waals surface area contributed by atoms with Gasteiger partial charge in [-0.3, -0.25) is 4.79 Å². The van der Waals surface area contributed by atoms with Crippen LogP contribution in [-0.2, 0) is 9.53 Å². The van der Waals surface area contributed by atoms with Gasteiger partial charge in [0.05, 0.1) is 5.92 Å². The summed E-state index contributed by atoms with van der Waals surface area (Å²) >= 11 is 0. The van der Waals surface area contributed by atoms with Crippen molar-refractivity contribution >= 4 is 5.97 Å². The van der Waals surface area contributed by atoms with E-state index in [-0.39, 0.29) is 5.97 Å². The Morgan fingerprint density at radius 2 is 1.92 bits per heavy atom. The summed E-state index contributed by atoms with van der Waals surface area (Å²) < 4.78 is 5.20. The zero-order valence-corrected chi connectivity index (χ0v) is 7.75. The highest BCUT2D eigenvalue weighted by Gasteiger charge is 2.55. The normalized spacial score (nSPS) is 47.0. The van der Waals surface area contributed by atoms with E-state index in [0.717, 1.165) is 12.3 Å². The molecule has 2 aliphatic heterocycles. The van der Waals surface area contributed by atoms with Crippen LogP contribution in [0, 0.1) is 17.8 Å². The van der Waals surface area contributed by atoms with E-state index in [1.165, 1.54) is 12.8 Å². The smallest absolute Gasteiger partial charge is 0.309 e. The Labute approximate surface area is 73.3 Å². The summed E-state index contributed by atoms with van der Waals surface area (Å²) in [7, 11) is 0. The quantitative estimate of drug-likeness (QED) is 0.517. The predicted molar refractivity (Wildman–Crippen MR) is 45.5 cm³/mol. The van der Waals surface area contributed by atoms with Crippen LogP contribution in [0.2, 0.25) is 0 Å². The molecule has 4 rings (SSSR count). The fraction of sp³-hybridized carbons (Fsp3) is 0.900. The van der Waals surface area contributed by atoms with Gasteiger partial charge >= 0.3 is 5.97 Å². The van der Waals surface area contributed by atoms with Crippen molar-refractivity contribution < 1.29 is 9.53 Å². The van der Waals surface area contributed by atoms with Crippen molar-refractivity contribution in [3.8, 4) is 0 Å². The highest BCUT2D eigenvalue weighted by atomic mass is 16.5. The molecule has 2 heterocycles. The Hall–Kier alpha value is -0.530. The Balaban J connectivity index is 0.000000264. The molecule has 2 saturated carbocycles. The number of carbonyl (C=O) groups excluding carboxylic acids is 1. The molecule has 0 radical (unpaired) electrons. The largest absolute Gasteiger partial charge is 0.462 e. The van der Waals surface area contributed by atoms with E-state index in [1.54, 1.807) is 0 Å². The third-order valence-corrected chi connectivity index (χ3v) is 3.36. The van der Waals surface area contributed by atoms with Gasteiger partial charge in [0.2, 0.25) is 0 Å². The SMILES string of the molecule is CC.O=C1OC2CC3CC2CC13. The monoisotopic (exact) mass is 168 g/mol. The molecule has 0 spiro atoms. The van der Waals surface area contributed by atoms with Gasteiger partial charge in [-0.05, 0) is 31.1 Å². The molecule has 0 aromatic rings. The molecule has 0 N–H and O–H groups in total. The molecule has 4 aliphatic rings. The molecule has 4 fully saturated rings. The molecule has 2 heteroatoms. The molecule has 0 aromatic heterocycles. The van der Waals surface area contributed by atoms with Gasteiger partial charge in [-0.1, -0.05) is 13.8 Å². The summed E-state index contributed by atoms with van der Waals surface area (Å²) in [5.41, 5.74) is 0.